The molecular formula is C20H35F3N2O2. The quantitative estimate of drug-likeness (QED) is 0.722. The maximum absolute atomic E-state index is 13.7. The second kappa shape index (κ2) is 7.63. The molecule has 0 spiro atoms. The highest BCUT2D eigenvalue weighted by molar-refractivity contribution is 5.83. The number of amides is 2. The third kappa shape index (κ3) is 5.17. The lowest BCUT2D eigenvalue weighted by atomic mass is 9.62. The lowest BCUT2D eigenvalue weighted by molar-refractivity contribution is -0.233. The highest BCUT2D eigenvalue weighted by atomic mass is 19.4. The minimum atomic E-state index is -4.51. The van der Waals surface area contributed by atoms with E-state index in [1.54, 1.807) is 39.5 Å². The SMILES string of the molecule is CCN(C(=O)C(C)(C)CC1CC(NC(=O)C(C)(C)C)(C(F)(F)F)C1)C(C)C. The van der Waals surface area contributed by atoms with Gasteiger partial charge in [0.25, 0.3) is 0 Å². The Bertz CT molecular complexity index is 557. The molecule has 27 heavy (non-hydrogen) atoms. The van der Waals surface area contributed by atoms with Gasteiger partial charge in [-0.1, -0.05) is 34.6 Å². The number of rotatable bonds is 6. The van der Waals surface area contributed by atoms with Gasteiger partial charge >= 0.3 is 6.18 Å². The number of hydrogen-bond acceptors (Lipinski definition) is 2. The fourth-order valence-corrected chi connectivity index (χ4v) is 3.82. The van der Waals surface area contributed by atoms with Gasteiger partial charge in [0.1, 0.15) is 5.54 Å². The summed E-state index contributed by atoms with van der Waals surface area (Å²) in [6.07, 6.45) is -4.49. The van der Waals surface area contributed by atoms with E-state index in [2.05, 4.69) is 5.32 Å². The molecule has 1 N–H and O–H groups in total. The molecule has 0 bridgehead atoms. The van der Waals surface area contributed by atoms with Crippen molar-refractivity contribution in [3.8, 4) is 0 Å². The summed E-state index contributed by atoms with van der Waals surface area (Å²) in [6.45, 7) is 14.7. The van der Waals surface area contributed by atoms with Crippen LogP contribution in [0.4, 0.5) is 13.2 Å². The molecule has 1 aliphatic rings. The highest BCUT2D eigenvalue weighted by Crippen LogP contribution is 2.52. The summed E-state index contributed by atoms with van der Waals surface area (Å²) in [5.74, 6) is -0.898. The highest BCUT2D eigenvalue weighted by Gasteiger charge is 2.63. The number of carbonyl (C=O) groups excluding carboxylic acids is 2. The zero-order chi connectivity index (χ0) is 21.4. The van der Waals surface area contributed by atoms with Gasteiger partial charge < -0.3 is 10.2 Å². The number of halogens is 3. The fourth-order valence-electron chi connectivity index (χ4n) is 3.82. The second-order valence-electron chi connectivity index (χ2n) is 9.83. The van der Waals surface area contributed by atoms with Crippen LogP contribution in [0, 0.1) is 16.7 Å². The average molecular weight is 393 g/mol. The van der Waals surface area contributed by atoms with Gasteiger partial charge in [0.2, 0.25) is 11.8 Å². The lowest BCUT2D eigenvalue weighted by Crippen LogP contribution is -2.67. The van der Waals surface area contributed by atoms with Crippen molar-refractivity contribution in [2.24, 2.45) is 16.7 Å². The third-order valence-corrected chi connectivity index (χ3v) is 5.45. The van der Waals surface area contributed by atoms with Gasteiger partial charge in [0.15, 0.2) is 0 Å². The standard InChI is InChI=1S/C20H35F3N2O2/c1-9-25(13(2)3)16(27)18(7,8)10-14-11-19(12-14,20(21,22)23)24-15(26)17(4,5)6/h13-14H,9-12H2,1-8H3,(H,24,26). The molecule has 1 aliphatic carbocycles. The van der Waals surface area contributed by atoms with Gasteiger partial charge in [0.05, 0.1) is 0 Å². The molecule has 0 atom stereocenters. The van der Waals surface area contributed by atoms with Crippen molar-refractivity contribution in [3.05, 3.63) is 0 Å². The molecule has 0 heterocycles. The Morgan fingerprint density at radius 3 is 1.93 bits per heavy atom. The van der Waals surface area contributed by atoms with Crippen LogP contribution in [0.25, 0.3) is 0 Å². The molecule has 0 saturated heterocycles. The van der Waals surface area contributed by atoms with Crippen LogP contribution in [0.1, 0.15) is 74.7 Å². The molecule has 2 amide bonds. The normalized spacial score (nSPS) is 23.8. The Labute approximate surface area is 161 Å². The van der Waals surface area contributed by atoms with Gasteiger partial charge in [-0.15, -0.1) is 0 Å². The van der Waals surface area contributed by atoms with E-state index in [4.69, 9.17) is 0 Å². The predicted octanol–water partition coefficient (Wildman–Crippen LogP) is 4.53. The topological polar surface area (TPSA) is 49.4 Å². The van der Waals surface area contributed by atoms with Crippen molar-refractivity contribution >= 4 is 11.8 Å². The van der Waals surface area contributed by atoms with E-state index in [1.807, 2.05) is 20.8 Å². The van der Waals surface area contributed by atoms with E-state index < -0.39 is 28.5 Å². The zero-order valence-corrected chi connectivity index (χ0v) is 17.9. The molecular weight excluding hydrogens is 357 g/mol. The minimum absolute atomic E-state index is 0.0387. The minimum Gasteiger partial charge on any atom is -0.341 e. The second-order valence-corrected chi connectivity index (χ2v) is 9.83. The van der Waals surface area contributed by atoms with Crippen LogP contribution in [-0.4, -0.2) is 41.0 Å². The summed E-state index contributed by atoms with van der Waals surface area (Å²) >= 11 is 0. The molecule has 4 nitrogen and oxygen atoms in total. The molecule has 0 unspecified atom stereocenters. The van der Waals surface area contributed by atoms with E-state index in [-0.39, 0.29) is 30.7 Å². The maximum atomic E-state index is 13.7. The Balaban J connectivity index is 2.87. The van der Waals surface area contributed by atoms with Crippen molar-refractivity contribution in [2.45, 2.75) is 92.4 Å². The summed E-state index contributed by atoms with van der Waals surface area (Å²) in [6, 6.07) is 0.0449. The van der Waals surface area contributed by atoms with Crippen LogP contribution in [0.2, 0.25) is 0 Å². The van der Waals surface area contributed by atoms with Crippen LogP contribution < -0.4 is 5.32 Å². The van der Waals surface area contributed by atoms with Crippen LogP contribution in [-0.2, 0) is 9.59 Å². The van der Waals surface area contributed by atoms with Crippen LogP contribution in [0.5, 0.6) is 0 Å². The first-order valence-corrected chi connectivity index (χ1v) is 9.67. The smallest absolute Gasteiger partial charge is 0.341 e. The van der Waals surface area contributed by atoms with Crippen molar-refractivity contribution in [2.75, 3.05) is 6.54 Å². The van der Waals surface area contributed by atoms with E-state index in [1.165, 1.54) is 0 Å². The molecule has 0 radical (unpaired) electrons. The Hall–Kier alpha value is -1.27. The number of alkyl halides is 3. The van der Waals surface area contributed by atoms with E-state index >= 15 is 0 Å². The summed E-state index contributed by atoms with van der Waals surface area (Å²) in [5.41, 5.74) is -3.81. The molecule has 7 heteroatoms. The lowest BCUT2D eigenvalue weighted by Gasteiger charge is -2.51. The number of nitrogens with one attached hydrogen (secondary N) is 1. The van der Waals surface area contributed by atoms with Crippen molar-refractivity contribution in [1.82, 2.24) is 10.2 Å². The maximum Gasteiger partial charge on any atom is 0.411 e. The van der Waals surface area contributed by atoms with Crippen molar-refractivity contribution in [1.29, 1.82) is 0 Å². The Morgan fingerprint density at radius 1 is 1.11 bits per heavy atom. The molecule has 1 rings (SSSR count). The van der Waals surface area contributed by atoms with Gasteiger partial charge in [-0.3, -0.25) is 9.59 Å². The molecule has 1 saturated carbocycles. The van der Waals surface area contributed by atoms with E-state index in [0.29, 0.717) is 13.0 Å². The zero-order valence-electron chi connectivity index (χ0n) is 17.9. The fraction of sp³-hybridized carbons (Fsp3) is 0.900. The largest absolute Gasteiger partial charge is 0.411 e. The van der Waals surface area contributed by atoms with Gasteiger partial charge in [-0.2, -0.15) is 13.2 Å². The summed E-state index contributed by atoms with van der Waals surface area (Å²) in [4.78, 5) is 26.7. The first-order chi connectivity index (χ1) is 12.0. The Kier molecular flexibility index (Phi) is 6.71. The summed E-state index contributed by atoms with van der Waals surface area (Å²) in [5, 5.41) is 2.25. The molecule has 0 aromatic rings. The van der Waals surface area contributed by atoms with Gasteiger partial charge in [-0.25, -0.2) is 0 Å². The Morgan fingerprint density at radius 2 is 1.59 bits per heavy atom. The third-order valence-electron chi connectivity index (χ3n) is 5.45. The molecule has 1 fully saturated rings. The molecule has 0 aromatic heterocycles. The average Bonchev–Trinajstić information content (AvgIpc) is 2.42. The molecule has 158 valence electrons. The summed E-state index contributed by atoms with van der Waals surface area (Å²) in [7, 11) is 0. The molecule has 0 aromatic carbocycles. The first kappa shape index (κ1) is 23.8. The predicted molar refractivity (Wildman–Crippen MR) is 100 cm³/mol. The van der Waals surface area contributed by atoms with Gasteiger partial charge in [-0.05, 0) is 46.0 Å². The van der Waals surface area contributed by atoms with E-state index in [0.717, 1.165) is 0 Å². The van der Waals surface area contributed by atoms with Crippen molar-refractivity contribution in [3.63, 3.8) is 0 Å². The first-order valence-electron chi connectivity index (χ1n) is 9.67. The van der Waals surface area contributed by atoms with E-state index in [9.17, 15) is 22.8 Å². The summed E-state index contributed by atoms with van der Waals surface area (Å²) < 4.78 is 41.0. The molecule has 0 aliphatic heterocycles. The monoisotopic (exact) mass is 392 g/mol. The number of nitrogens with zero attached hydrogens (tertiary/aromatic N) is 1. The van der Waals surface area contributed by atoms with Gasteiger partial charge in [0, 0.05) is 23.4 Å². The van der Waals surface area contributed by atoms with Crippen molar-refractivity contribution < 1.29 is 22.8 Å². The number of hydrogen-bond donors (Lipinski definition) is 1. The number of carbonyl (C=O) groups is 2. The van der Waals surface area contributed by atoms with Crippen LogP contribution >= 0.6 is 0 Å². The van der Waals surface area contributed by atoms with Crippen LogP contribution in [0.15, 0.2) is 0 Å². The van der Waals surface area contributed by atoms with Crippen LogP contribution in [0.3, 0.4) is 0 Å².